The number of methoxy groups -OCH3 is 1. The molecule has 0 aliphatic heterocycles. The Kier molecular flexibility index (Phi) is 7.88. The number of hydrogen-bond acceptors (Lipinski definition) is 4. The van der Waals surface area contributed by atoms with Crippen molar-refractivity contribution in [1.29, 1.82) is 0 Å². The first-order chi connectivity index (χ1) is 17.0. The van der Waals surface area contributed by atoms with E-state index >= 15 is 0 Å². The summed E-state index contributed by atoms with van der Waals surface area (Å²) in [5.41, 5.74) is 4.33. The number of benzene rings is 3. The quantitative estimate of drug-likeness (QED) is 0.253. The molecule has 0 bridgehead atoms. The molecule has 0 aliphatic carbocycles. The van der Waals surface area contributed by atoms with E-state index in [1.807, 2.05) is 91.5 Å². The van der Waals surface area contributed by atoms with E-state index in [1.165, 1.54) is 0 Å². The lowest BCUT2D eigenvalue weighted by atomic mass is 10.1. The smallest absolute Gasteiger partial charge is 0.254 e. The first-order valence-electron chi connectivity index (χ1n) is 11.7. The van der Waals surface area contributed by atoms with Crippen LogP contribution in [0.25, 0.3) is 10.9 Å². The number of nitrogens with zero attached hydrogens (tertiary/aromatic N) is 2. The maximum absolute atomic E-state index is 13.6. The number of ether oxygens (including phenoxy) is 2. The Morgan fingerprint density at radius 3 is 2.46 bits per heavy atom. The summed E-state index contributed by atoms with van der Waals surface area (Å²) in [7, 11) is 1.65. The Balaban J connectivity index is 1.64. The van der Waals surface area contributed by atoms with Crippen molar-refractivity contribution < 1.29 is 14.3 Å². The molecule has 5 nitrogen and oxygen atoms in total. The standard InChI is InChI=1S/C29H29ClN2O3/c1-4-35-25-13-14-27-22(18-25)17-23(28(30)31-27)19-32(29(33)26-8-6-5-7-20(26)2)16-15-21-9-11-24(34-3)12-10-21/h5-14,17-18H,4,15-16,19H2,1-3H3. The molecule has 1 amide bonds. The van der Waals surface area contributed by atoms with Gasteiger partial charge in [0, 0.05) is 29.6 Å². The van der Waals surface area contributed by atoms with Gasteiger partial charge in [0.1, 0.15) is 16.7 Å². The summed E-state index contributed by atoms with van der Waals surface area (Å²) in [5.74, 6) is 1.56. The van der Waals surface area contributed by atoms with Gasteiger partial charge in [-0.2, -0.15) is 0 Å². The third-order valence-corrected chi connectivity index (χ3v) is 6.30. The van der Waals surface area contributed by atoms with Crippen molar-refractivity contribution in [1.82, 2.24) is 9.88 Å². The summed E-state index contributed by atoms with van der Waals surface area (Å²) in [4.78, 5) is 20.0. The molecule has 1 heterocycles. The van der Waals surface area contributed by atoms with Gasteiger partial charge in [0.25, 0.3) is 5.91 Å². The van der Waals surface area contributed by atoms with Gasteiger partial charge >= 0.3 is 0 Å². The van der Waals surface area contributed by atoms with E-state index in [-0.39, 0.29) is 5.91 Å². The monoisotopic (exact) mass is 488 g/mol. The van der Waals surface area contributed by atoms with E-state index in [0.29, 0.717) is 36.8 Å². The number of amides is 1. The van der Waals surface area contributed by atoms with Gasteiger partial charge in [-0.05, 0) is 73.9 Å². The van der Waals surface area contributed by atoms with Gasteiger partial charge in [-0.15, -0.1) is 0 Å². The molecule has 180 valence electrons. The van der Waals surface area contributed by atoms with Gasteiger partial charge < -0.3 is 14.4 Å². The van der Waals surface area contributed by atoms with E-state index in [0.717, 1.165) is 39.1 Å². The van der Waals surface area contributed by atoms with E-state index in [9.17, 15) is 4.79 Å². The predicted molar refractivity (Wildman–Crippen MR) is 141 cm³/mol. The Morgan fingerprint density at radius 2 is 1.74 bits per heavy atom. The number of hydrogen-bond donors (Lipinski definition) is 0. The average Bonchev–Trinajstić information content (AvgIpc) is 2.87. The van der Waals surface area contributed by atoms with E-state index in [2.05, 4.69) is 4.98 Å². The summed E-state index contributed by atoms with van der Waals surface area (Å²) < 4.78 is 10.9. The molecule has 3 aromatic carbocycles. The fourth-order valence-corrected chi connectivity index (χ4v) is 4.25. The van der Waals surface area contributed by atoms with Gasteiger partial charge in [-0.1, -0.05) is 41.9 Å². The number of aromatic nitrogens is 1. The SMILES string of the molecule is CCOc1ccc2nc(Cl)c(CN(CCc3ccc(OC)cc3)C(=O)c3ccccc3C)cc2c1. The summed E-state index contributed by atoms with van der Waals surface area (Å²) in [6.07, 6.45) is 0.703. The number of rotatable bonds is 9. The van der Waals surface area contributed by atoms with Crippen LogP contribution in [0.15, 0.2) is 72.8 Å². The van der Waals surface area contributed by atoms with Crippen LogP contribution in [-0.4, -0.2) is 36.1 Å². The largest absolute Gasteiger partial charge is 0.497 e. The fourth-order valence-electron chi connectivity index (χ4n) is 4.04. The van der Waals surface area contributed by atoms with Crippen LogP contribution in [0.2, 0.25) is 5.15 Å². The van der Waals surface area contributed by atoms with Crippen molar-refractivity contribution in [3.63, 3.8) is 0 Å². The average molecular weight is 489 g/mol. The van der Waals surface area contributed by atoms with Crippen LogP contribution >= 0.6 is 11.6 Å². The number of aryl methyl sites for hydroxylation is 1. The Morgan fingerprint density at radius 1 is 1.00 bits per heavy atom. The molecule has 4 rings (SSSR count). The molecule has 0 aliphatic rings. The molecule has 0 N–H and O–H groups in total. The summed E-state index contributed by atoms with van der Waals surface area (Å²) in [6, 6.07) is 23.3. The zero-order valence-corrected chi connectivity index (χ0v) is 21.0. The molecule has 0 spiro atoms. The molecule has 35 heavy (non-hydrogen) atoms. The van der Waals surface area contributed by atoms with Crippen LogP contribution in [-0.2, 0) is 13.0 Å². The Bertz CT molecular complexity index is 1320. The molecular weight excluding hydrogens is 460 g/mol. The zero-order chi connectivity index (χ0) is 24.8. The van der Waals surface area contributed by atoms with Gasteiger partial charge in [-0.3, -0.25) is 4.79 Å². The third kappa shape index (κ3) is 5.92. The maximum atomic E-state index is 13.6. The van der Waals surface area contributed by atoms with Gasteiger partial charge in [0.2, 0.25) is 0 Å². The summed E-state index contributed by atoms with van der Waals surface area (Å²) in [5, 5.41) is 1.32. The molecule has 0 saturated heterocycles. The number of halogens is 1. The highest BCUT2D eigenvalue weighted by Crippen LogP contribution is 2.26. The topological polar surface area (TPSA) is 51.7 Å². The molecular formula is C29H29ClN2O3. The lowest BCUT2D eigenvalue weighted by Crippen LogP contribution is -2.33. The second-order valence-corrected chi connectivity index (χ2v) is 8.72. The zero-order valence-electron chi connectivity index (χ0n) is 20.3. The Labute approximate surface area is 211 Å². The number of fused-ring (bicyclic) bond motifs is 1. The minimum atomic E-state index is -0.0316. The minimum Gasteiger partial charge on any atom is -0.497 e. The second-order valence-electron chi connectivity index (χ2n) is 8.37. The van der Waals surface area contributed by atoms with Crippen LogP contribution < -0.4 is 9.47 Å². The van der Waals surface area contributed by atoms with Crippen LogP contribution in [0.5, 0.6) is 11.5 Å². The number of carbonyl (C=O) groups is 1. The van der Waals surface area contributed by atoms with Crippen LogP contribution in [0.1, 0.15) is 34.0 Å². The minimum absolute atomic E-state index is 0.0316. The summed E-state index contributed by atoms with van der Waals surface area (Å²) >= 11 is 6.59. The molecule has 0 unspecified atom stereocenters. The summed E-state index contributed by atoms with van der Waals surface area (Å²) in [6.45, 7) is 5.38. The molecule has 6 heteroatoms. The van der Waals surface area contributed by atoms with Gasteiger partial charge in [0.15, 0.2) is 0 Å². The third-order valence-electron chi connectivity index (χ3n) is 5.98. The molecule has 4 aromatic rings. The van der Waals surface area contributed by atoms with Crippen LogP contribution in [0, 0.1) is 6.92 Å². The molecule has 0 saturated carbocycles. The molecule has 0 fully saturated rings. The lowest BCUT2D eigenvalue weighted by molar-refractivity contribution is 0.0744. The highest BCUT2D eigenvalue weighted by Gasteiger charge is 2.20. The van der Waals surface area contributed by atoms with E-state index in [1.54, 1.807) is 7.11 Å². The van der Waals surface area contributed by atoms with Crippen molar-refractivity contribution >= 4 is 28.4 Å². The van der Waals surface area contributed by atoms with Gasteiger partial charge in [0.05, 0.1) is 19.2 Å². The van der Waals surface area contributed by atoms with E-state index < -0.39 is 0 Å². The lowest BCUT2D eigenvalue weighted by Gasteiger charge is -2.24. The highest BCUT2D eigenvalue weighted by atomic mass is 35.5. The Hall–Kier alpha value is -3.57. The van der Waals surface area contributed by atoms with Crippen molar-refractivity contribution in [3.05, 3.63) is 100 Å². The van der Waals surface area contributed by atoms with Crippen LogP contribution in [0.4, 0.5) is 0 Å². The first kappa shape index (κ1) is 24.6. The highest BCUT2D eigenvalue weighted by molar-refractivity contribution is 6.30. The first-order valence-corrected chi connectivity index (χ1v) is 12.1. The fraction of sp³-hybridized carbons (Fsp3) is 0.241. The van der Waals surface area contributed by atoms with Crippen LogP contribution in [0.3, 0.4) is 0 Å². The van der Waals surface area contributed by atoms with Crippen molar-refractivity contribution in [3.8, 4) is 11.5 Å². The van der Waals surface area contributed by atoms with Gasteiger partial charge in [-0.25, -0.2) is 4.98 Å². The number of pyridine rings is 1. The normalized spacial score (nSPS) is 10.9. The van der Waals surface area contributed by atoms with E-state index in [4.69, 9.17) is 21.1 Å². The molecule has 1 aromatic heterocycles. The van der Waals surface area contributed by atoms with Crippen molar-refractivity contribution in [2.75, 3.05) is 20.3 Å². The predicted octanol–water partition coefficient (Wildman–Crippen LogP) is 6.49. The number of carbonyl (C=O) groups excluding carboxylic acids is 1. The van der Waals surface area contributed by atoms with Crippen molar-refractivity contribution in [2.24, 2.45) is 0 Å². The maximum Gasteiger partial charge on any atom is 0.254 e. The molecule has 0 radical (unpaired) electrons. The van der Waals surface area contributed by atoms with Crippen molar-refractivity contribution in [2.45, 2.75) is 26.8 Å². The second kappa shape index (κ2) is 11.2. The molecule has 0 atom stereocenters.